The standard InChI is InChI=1S/C22H19N2O.C2H6.Yb/c1-14-11-16-7-3-4-9-19(16)21-13-17(12-20(14)21)23-22-10-6-5-8-18(22)15(2)24-25;1-2;/h3-10,25H,12-13H2,1-2H3;1-2H3;/q-1;;. The monoisotopic (exact) mass is 531 g/mol. The third-order valence-electron chi connectivity index (χ3n) is 4.88. The fourth-order valence-electron chi connectivity index (χ4n) is 3.61. The molecule has 4 heteroatoms. The van der Waals surface area contributed by atoms with Crippen LogP contribution in [0.5, 0.6) is 0 Å². The second-order valence-corrected chi connectivity index (χ2v) is 6.49. The molecule has 0 unspecified atom stereocenters. The zero-order valence-corrected chi connectivity index (χ0v) is 18.4. The molecule has 28 heavy (non-hydrogen) atoms. The van der Waals surface area contributed by atoms with Crippen LogP contribution in [0.1, 0.15) is 43.0 Å². The van der Waals surface area contributed by atoms with Crippen molar-refractivity contribution in [3.05, 3.63) is 76.9 Å². The first kappa shape index (κ1) is 22.9. The van der Waals surface area contributed by atoms with Crippen LogP contribution in [0, 0.1) is 59.9 Å². The van der Waals surface area contributed by atoms with Gasteiger partial charge in [-0.25, -0.2) is 0 Å². The van der Waals surface area contributed by atoms with E-state index in [-0.39, 0.29) is 46.9 Å². The molecule has 0 heterocycles. The van der Waals surface area contributed by atoms with E-state index in [9.17, 15) is 0 Å². The van der Waals surface area contributed by atoms with Crippen molar-refractivity contribution < 1.29 is 52.1 Å². The van der Waals surface area contributed by atoms with Gasteiger partial charge in [-0.15, -0.1) is 45.7 Å². The third-order valence-corrected chi connectivity index (χ3v) is 4.88. The van der Waals surface area contributed by atoms with E-state index in [0.717, 1.165) is 29.8 Å². The number of fused-ring (bicyclic) bond motifs is 3. The van der Waals surface area contributed by atoms with E-state index in [4.69, 9.17) is 10.2 Å². The Morgan fingerprint density at radius 2 is 1.61 bits per heavy atom. The summed E-state index contributed by atoms with van der Waals surface area (Å²) >= 11 is 0. The van der Waals surface area contributed by atoms with Crippen molar-refractivity contribution in [2.75, 3.05) is 0 Å². The molecule has 0 amide bonds. The molecular formula is C24H25N2OYb-. The summed E-state index contributed by atoms with van der Waals surface area (Å²) < 4.78 is 0. The molecule has 3 aromatic rings. The SMILES string of the molecule is CC.CC(=NO)c1ccccc1N=C1Cc2c(C)[c-]c3ccccc3c2C1.[Yb]. The number of rotatable bonds is 2. The Kier molecular flexibility index (Phi) is 8.48. The van der Waals surface area contributed by atoms with E-state index in [0.29, 0.717) is 5.71 Å². The molecule has 1 aliphatic carbocycles. The van der Waals surface area contributed by atoms with E-state index in [1.54, 1.807) is 6.92 Å². The van der Waals surface area contributed by atoms with Crippen molar-refractivity contribution in [3.8, 4) is 0 Å². The predicted molar refractivity (Wildman–Crippen MR) is 114 cm³/mol. The van der Waals surface area contributed by atoms with Gasteiger partial charge in [0.15, 0.2) is 0 Å². The summed E-state index contributed by atoms with van der Waals surface area (Å²) in [7, 11) is 0. The van der Waals surface area contributed by atoms with Crippen LogP contribution in [0.3, 0.4) is 0 Å². The number of hydrogen-bond acceptors (Lipinski definition) is 3. The minimum absolute atomic E-state index is 0. The molecule has 0 aromatic heterocycles. The van der Waals surface area contributed by atoms with Gasteiger partial charge in [0.1, 0.15) is 0 Å². The molecule has 0 saturated heterocycles. The molecular weight excluding hydrogens is 505 g/mol. The van der Waals surface area contributed by atoms with Gasteiger partial charge in [-0.05, 0) is 25.8 Å². The third kappa shape index (κ3) is 4.59. The van der Waals surface area contributed by atoms with Crippen LogP contribution >= 0.6 is 0 Å². The number of benzene rings is 3. The first-order valence-electron chi connectivity index (χ1n) is 9.44. The predicted octanol–water partition coefficient (Wildman–Crippen LogP) is 6.04. The van der Waals surface area contributed by atoms with Crippen molar-refractivity contribution in [1.29, 1.82) is 0 Å². The van der Waals surface area contributed by atoms with Crippen LogP contribution in [-0.4, -0.2) is 16.6 Å². The topological polar surface area (TPSA) is 45.0 Å². The van der Waals surface area contributed by atoms with E-state index in [1.807, 2.05) is 38.1 Å². The van der Waals surface area contributed by atoms with Gasteiger partial charge in [-0.2, -0.15) is 0 Å². The maximum atomic E-state index is 9.11. The van der Waals surface area contributed by atoms with Gasteiger partial charge in [-0.3, -0.25) is 4.99 Å². The van der Waals surface area contributed by atoms with E-state index in [1.165, 1.54) is 27.5 Å². The average molecular weight is 531 g/mol. The molecule has 4 rings (SSSR count). The minimum Gasteiger partial charge on any atom is -0.411 e. The number of para-hydroxylation sites is 1. The van der Waals surface area contributed by atoms with Crippen molar-refractivity contribution in [1.82, 2.24) is 0 Å². The van der Waals surface area contributed by atoms with Crippen molar-refractivity contribution in [2.24, 2.45) is 10.1 Å². The summed E-state index contributed by atoms with van der Waals surface area (Å²) in [4.78, 5) is 4.90. The van der Waals surface area contributed by atoms with Gasteiger partial charge < -0.3 is 5.21 Å². The van der Waals surface area contributed by atoms with Gasteiger partial charge in [0.25, 0.3) is 0 Å². The van der Waals surface area contributed by atoms with Crippen LogP contribution in [0.25, 0.3) is 10.8 Å². The van der Waals surface area contributed by atoms with E-state index >= 15 is 0 Å². The smallest absolute Gasteiger partial charge is 0.0858 e. The molecule has 1 N–H and O–H groups in total. The molecule has 0 aliphatic heterocycles. The number of nitrogens with zero attached hydrogens (tertiary/aromatic N) is 2. The summed E-state index contributed by atoms with van der Waals surface area (Å²) in [6.45, 7) is 7.92. The molecule has 3 nitrogen and oxygen atoms in total. The number of hydrogen-bond donors (Lipinski definition) is 1. The normalized spacial score (nSPS) is 14.3. The Labute approximate surface area is 205 Å². The molecule has 3 aromatic carbocycles. The van der Waals surface area contributed by atoms with Gasteiger partial charge in [0.05, 0.1) is 11.4 Å². The summed E-state index contributed by atoms with van der Waals surface area (Å²) in [6, 6.07) is 19.7. The van der Waals surface area contributed by atoms with Crippen molar-refractivity contribution in [3.63, 3.8) is 0 Å². The van der Waals surface area contributed by atoms with Crippen molar-refractivity contribution >= 4 is 27.9 Å². The Hall–Kier alpha value is -1.42. The quantitative estimate of drug-likeness (QED) is 0.187. The van der Waals surface area contributed by atoms with Crippen LogP contribution in [0.4, 0.5) is 5.69 Å². The fraction of sp³-hybridized carbons (Fsp3) is 0.250. The van der Waals surface area contributed by atoms with Gasteiger partial charge in [-0.1, -0.05) is 56.3 Å². The molecule has 1 aliphatic rings. The van der Waals surface area contributed by atoms with E-state index < -0.39 is 0 Å². The fourth-order valence-corrected chi connectivity index (χ4v) is 3.61. The summed E-state index contributed by atoms with van der Waals surface area (Å²) in [6.07, 6.45) is 1.71. The molecule has 0 saturated carbocycles. The van der Waals surface area contributed by atoms with Crippen molar-refractivity contribution in [2.45, 2.75) is 40.5 Å². The Bertz CT molecular complexity index is 1040. The molecule has 0 radical (unpaired) electrons. The number of aliphatic imine (C=N–C) groups is 1. The first-order chi connectivity index (χ1) is 13.2. The largest absolute Gasteiger partial charge is 0.411 e. The average Bonchev–Trinajstić information content (AvgIpc) is 3.14. The minimum atomic E-state index is 0. The second kappa shape index (κ2) is 10.4. The Balaban J connectivity index is 0.000000906. The van der Waals surface area contributed by atoms with Crippen LogP contribution in [0.2, 0.25) is 0 Å². The van der Waals surface area contributed by atoms with Gasteiger partial charge in [0.2, 0.25) is 0 Å². The van der Waals surface area contributed by atoms with Gasteiger partial charge >= 0.3 is 0 Å². The zero-order chi connectivity index (χ0) is 19.4. The maximum absolute atomic E-state index is 9.11. The second-order valence-electron chi connectivity index (χ2n) is 6.49. The summed E-state index contributed by atoms with van der Waals surface area (Å²) in [5, 5.41) is 14.9. The van der Waals surface area contributed by atoms with Crippen LogP contribution < -0.4 is 0 Å². The van der Waals surface area contributed by atoms with Gasteiger partial charge in [0, 0.05) is 58.2 Å². The number of aryl methyl sites for hydroxylation is 1. The Morgan fingerprint density at radius 1 is 0.964 bits per heavy atom. The van der Waals surface area contributed by atoms with Crippen LogP contribution in [-0.2, 0) is 12.8 Å². The summed E-state index contributed by atoms with van der Waals surface area (Å²) in [5.41, 5.74) is 7.36. The molecule has 0 fully saturated rings. The number of oxime groups is 1. The van der Waals surface area contributed by atoms with E-state index in [2.05, 4.69) is 42.4 Å². The molecule has 0 atom stereocenters. The summed E-state index contributed by atoms with van der Waals surface area (Å²) in [5.74, 6) is 0. The first-order valence-corrected chi connectivity index (χ1v) is 9.44. The molecule has 0 bridgehead atoms. The maximum Gasteiger partial charge on any atom is 0.0858 e. The zero-order valence-electron chi connectivity index (χ0n) is 16.6. The Morgan fingerprint density at radius 3 is 2.36 bits per heavy atom. The molecule has 152 valence electrons. The van der Waals surface area contributed by atoms with Crippen LogP contribution in [0.15, 0.2) is 58.7 Å². The molecule has 0 spiro atoms.